The number of benzene rings is 1. The molecule has 0 saturated heterocycles. The van der Waals surface area contributed by atoms with Crippen LogP contribution in [0, 0.1) is 0 Å². The molecule has 0 saturated carbocycles. The number of hydrogen-bond donors (Lipinski definition) is 0. The Labute approximate surface area is 91.0 Å². The predicted molar refractivity (Wildman–Crippen MR) is 53.3 cm³/mol. The van der Waals surface area contributed by atoms with Gasteiger partial charge in [0, 0.05) is 6.42 Å². The summed E-state index contributed by atoms with van der Waals surface area (Å²) in [4.78, 5) is 11.0. The SMILES string of the molecule is O=C(CC1Cc2ccccc21)C(F)(F)Cl. The van der Waals surface area contributed by atoms with Gasteiger partial charge in [-0.2, -0.15) is 8.78 Å². The summed E-state index contributed by atoms with van der Waals surface area (Å²) in [6.45, 7) is 0. The lowest BCUT2D eigenvalue weighted by Gasteiger charge is -2.29. The van der Waals surface area contributed by atoms with Crippen molar-refractivity contribution in [2.24, 2.45) is 0 Å². The summed E-state index contributed by atoms with van der Waals surface area (Å²) in [6.07, 6.45) is 0.516. The van der Waals surface area contributed by atoms with Gasteiger partial charge < -0.3 is 0 Å². The molecule has 15 heavy (non-hydrogen) atoms. The van der Waals surface area contributed by atoms with Crippen LogP contribution in [0.3, 0.4) is 0 Å². The lowest BCUT2D eigenvalue weighted by molar-refractivity contribution is -0.133. The number of halogens is 3. The Balaban J connectivity index is 2.04. The quantitative estimate of drug-likeness (QED) is 0.730. The van der Waals surface area contributed by atoms with Crippen molar-refractivity contribution in [2.45, 2.75) is 24.1 Å². The highest BCUT2D eigenvalue weighted by Crippen LogP contribution is 2.39. The molecule has 80 valence electrons. The molecule has 2 rings (SSSR count). The maximum Gasteiger partial charge on any atom is 0.380 e. The zero-order valence-corrected chi connectivity index (χ0v) is 8.60. The number of ketones is 1. The molecule has 0 aliphatic heterocycles. The second-order valence-electron chi connectivity index (χ2n) is 3.72. The number of carbonyl (C=O) groups excluding carboxylic acids is 1. The van der Waals surface area contributed by atoms with E-state index in [0.717, 1.165) is 11.1 Å². The Kier molecular flexibility index (Phi) is 2.51. The number of fused-ring (bicyclic) bond motifs is 1. The zero-order valence-electron chi connectivity index (χ0n) is 7.84. The van der Waals surface area contributed by atoms with Crippen LogP contribution in [-0.4, -0.2) is 11.2 Å². The van der Waals surface area contributed by atoms with E-state index >= 15 is 0 Å². The lowest BCUT2D eigenvalue weighted by atomic mass is 9.75. The fraction of sp³-hybridized carbons (Fsp3) is 0.364. The van der Waals surface area contributed by atoms with Crippen molar-refractivity contribution in [1.82, 2.24) is 0 Å². The second-order valence-corrected chi connectivity index (χ2v) is 4.20. The van der Waals surface area contributed by atoms with Gasteiger partial charge in [0.2, 0.25) is 5.78 Å². The smallest absolute Gasteiger partial charge is 0.291 e. The van der Waals surface area contributed by atoms with Gasteiger partial charge in [-0.1, -0.05) is 24.3 Å². The van der Waals surface area contributed by atoms with Gasteiger partial charge in [-0.3, -0.25) is 4.79 Å². The second kappa shape index (κ2) is 3.56. The standard InChI is InChI=1S/C11H9ClF2O/c12-11(13,14)10(15)6-8-5-7-3-1-2-4-9(7)8/h1-4,8H,5-6H2. The van der Waals surface area contributed by atoms with Gasteiger partial charge in [-0.15, -0.1) is 0 Å². The fourth-order valence-corrected chi connectivity index (χ4v) is 1.96. The molecule has 0 aromatic heterocycles. The third-order valence-corrected chi connectivity index (χ3v) is 2.92. The van der Waals surface area contributed by atoms with Crippen LogP contribution < -0.4 is 0 Å². The molecule has 0 fully saturated rings. The summed E-state index contributed by atoms with van der Waals surface area (Å²) >= 11 is 4.65. The molecular formula is C11H9ClF2O. The van der Waals surface area contributed by atoms with Gasteiger partial charge in [0.1, 0.15) is 0 Å². The zero-order chi connectivity index (χ0) is 11.1. The molecule has 1 atom stereocenters. The average molecular weight is 231 g/mol. The maximum absolute atomic E-state index is 12.4. The van der Waals surface area contributed by atoms with E-state index in [9.17, 15) is 13.6 Å². The molecule has 0 radical (unpaired) electrons. The third kappa shape index (κ3) is 2.02. The van der Waals surface area contributed by atoms with E-state index in [0.29, 0.717) is 6.42 Å². The van der Waals surface area contributed by atoms with E-state index in [1.165, 1.54) is 0 Å². The highest BCUT2D eigenvalue weighted by Gasteiger charge is 2.39. The number of carbonyl (C=O) groups is 1. The van der Waals surface area contributed by atoms with Crippen LogP contribution >= 0.6 is 11.6 Å². The minimum atomic E-state index is -3.72. The Hall–Kier alpha value is -0.960. The average Bonchev–Trinajstić information content (AvgIpc) is 2.12. The normalized spacial score (nSPS) is 19.3. The van der Waals surface area contributed by atoms with Gasteiger partial charge in [0.15, 0.2) is 0 Å². The highest BCUT2D eigenvalue weighted by atomic mass is 35.5. The van der Waals surface area contributed by atoms with Crippen molar-refractivity contribution >= 4 is 17.4 Å². The van der Waals surface area contributed by atoms with E-state index in [-0.39, 0.29) is 12.3 Å². The van der Waals surface area contributed by atoms with Crippen molar-refractivity contribution in [3.8, 4) is 0 Å². The summed E-state index contributed by atoms with van der Waals surface area (Å²) in [5.41, 5.74) is 2.12. The van der Waals surface area contributed by atoms with Gasteiger partial charge in [-0.25, -0.2) is 0 Å². The molecule has 0 amide bonds. The Morgan fingerprint density at radius 2 is 2.13 bits per heavy atom. The van der Waals surface area contributed by atoms with Crippen LogP contribution in [0.25, 0.3) is 0 Å². The summed E-state index contributed by atoms with van der Waals surface area (Å²) in [5, 5.41) is -3.72. The molecule has 1 aliphatic carbocycles. The molecule has 1 aliphatic rings. The van der Waals surface area contributed by atoms with Crippen molar-refractivity contribution in [1.29, 1.82) is 0 Å². The number of rotatable bonds is 3. The largest absolute Gasteiger partial charge is 0.380 e. The molecule has 1 unspecified atom stereocenters. The van der Waals surface area contributed by atoms with Gasteiger partial charge >= 0.3 is 5.38 Å². The molecule has 0 bridgehead atoms. The molecule has 1 aromatic rings. The van der Waals surface area contributed by atoms with E-state index in [4.69, 9.17) is 0 Å². The minimum Gasteiger partial charge on any atom is -0.291 e. The van der Waals surface area contributed by atoms with E-state index in [2.05, 4.69) is 11.6 Å². The summed E-state index contributed by atoms with van der Waals surface area (Å²) in [7, 11) is 0. The van der Waals surface area contributed by atoms with Gasteiger partial charge in [0.05, 0.1) is 0 Å². The van der Waals surface area contributed by atoms with Gasteiger partial charge in [-0.05, 0) is 35.1 Å². The summed E-state index contributed by atoms with van der Waals surface area (Å²) in [5.74, 6) is -1.28. The topological polar surface area (TPSA) is 17.1 Å². The molecule has 4 heteroatoms. The molecule has 0 heterocycles. The Bertz CT molecular complexity index is 398. The van der Waals surface area contributed by atoms with Crippen LogP contribution in [0.5, 0.6) is 0 Å². The highest BCUT2D eigenvalue weighted by molar-refractivity contribution is 6.32. The number of Topliss-reactive ketones (excluding diaryl/α,β-unsaturated/α-hetero) is 1. The fourth-order valence-electron chi connectivity index (χ4n) is 1.88. The monoisotopic (exact) mass is 230 g/mol. The first-order chi connectivity index (χ1) is 6.98. The Morgan fingerprint density at radius 1 is 1.47 bits per heavy atom. The maximum atomic E-state index is 12.4. The van der Waals surface area contributed by atoms with Crippen LogP contribution in [0.4, 0.5) is 8.78 Å². The molecule has 1 aromatic carbocycles. The minimum absolute atomic E-state index is 0.0849. The first-order valence-electron chi connectivity index (χ1n) is 4.66. The summed E-state index contributed by atoms with van der Waals surface area (Å²) in [6, 6.07) is 7.54. The first-order valence-corrected chi connectivity index (χ1v) is 5.04. The predicted octanol–water partition coefficient (Wildman–Crippen LogP) is 3.12. The molecular weight excluding hydrogens is 222 g/mol. The molecule has 0 spiro atoms. The van der Waals surface area contributed by atoms with E-state index in [1.54, 1.807) is 0 Å². The number of hydrogen-bond acceptors (Lipinski definition) is 1. The van der Waals surface area contributed by atoms with E-state index < -0.39 is 11.2 Å². The first kappa shape index (κ1) is 10.6. The molecule has 1 nitrogen and oxygen atoms in total. The van der Waals surface area contributed by atoms with Crippen LogP contribution in [0.2, 0.25) is 0 Å². The van der Waals surface area contributed by atoms with Crippen LogP contribution in [-0.2, 0) is 11.2 Å². The van der Waals surface area contributed by atoms with Crippen molar-refractivity contribution in [3.63, 3.8) is 0 Å². The van der Waals surface area contributed by atoms with Crippen LogP contribution in [0.15, 0.2) is 24.3 Å². The molecule has 0 N–H and O–H groups in total. The van der Waals surface area contributed by atoms with Crippen molar-refractivity contribution < 1.29 is 13.6 Å². The lowest BCUT2D eigenvalue weighted by Crippen LogP contribution is -2.27. The third-order valence-electron chi connectivity index (χ3n) is 2.71. The van der Waals surface area contributed by atoms with E-state index in [1.807, 2.05) is 24.3 Å². The number of alkyl halides is 3. The van der Waals surface area contributed by atoms with Crippen LogP contribution in [0.1, 0.15) is 23.5 Å². The summed E-state index contributed by atoms with van der Waals surface area (Å²) < 4.78 is 24.9. The van der Waals surface area contributed by atoms with Crippen molar-refractivity contribution in [2.75, 3.05) is 0 Å². The Morgan fingerprint density at radius 3 is 2.73 bits per heavy atom. The van der Waals surface area contributed by atoms with Crippen molar-refractivity contribution in [3.05, 3.63) is 35.4 Å². The van der Waals surface area contributed by atoms with Gasteiger partial charge in [0.25, 0.3) is 0 Å².